The van der Waals surface area contributed by atoms with E-state index in [0.29, 0.717) is 17.9 Å². The van der Waals surface area contributed by atoms with Crippen molar-refractivity contribution in [2.45, 2.75) is 32.7 Å². The van der Waals surface area contributed by atoms with E-state index in [-0.39, 0.29) is 16.7 Å². The van der Waals surface area contributed by atoms with Gasteiger partial charge in [-0.2, -0.15) is 5.10 Å². The van der Waals surface area contributed by atoms with Gasteiger partial charge in [0.1, 0.15) is 11.5 Å². The van der Waals surface area contributed by atoms with E-state index in [0.717, 1.165) is 12.2 Å². The number of nitrogens with zero attached hydrogens (tertiary/aromatic N) is 3. The molecule has 2 rings (SSSR count). The van der Waals surface area contributed by atoms with Crippen LogP contribution in [0.15, 0.2) is 22.8 Å². The minimum absolute atomic E-state index is 0.0488. The standard InChI is InChI=1S/C13H18N4O3/c1-4-6-10-12(17(18)19)13(16(3)15-10)14-9(2)11-7-5-8-20-11/h5,7-9,14H,4,6H2,1-3H3. The maximum atomic E-state index is 11.3. The van der Waals surface area contributed by atoms with Crippen LogP contribution in [0.3, 0.4) is 0 Å². The Morgan fingerprint density at radius 2 is 2.35 bits per heavy atom. The Bertz CT molecular complexity index is 589. The molecular weight excluding hydrogens is 260 g/mol. The topological polar surface area (TPSA) is 86.1 Å². The molecule has 1 unspecified atom stereocenters. The van der Waals surface area contributed by atoms with Gasteiger partial charge in [-0.05, 0) is 25.5 Å². The lowest BCUT2D eigenvalue weighted by molar-refractivity contribution is -0.384. The van der Waals surface area contributed by atoms with E-state index in [9.17, 15) is 10.1 Å². The van der Waals surface area contributed by atoms with Crippen LogP contribution in [0.2, 0.25) is 0 Å². The molecule has 0 fully saturated rings. The number of anilines is 1. The monoisotopic (exact) mass is 278 g/mol. The first-order valence-electron chi connectivity index (χ1n) is 6.54. The van der Waals surface area contributed by atoms with Gasteiger partial charge in [0.05, 0.1) is 17.2 Å². The summed E-state index contributed by atoms with van der Waals surface area (Å²) in [6.45, 7) is 3.85. The van der Waals surface area contributed by atoms with Crippen LogP contribution in [0, 0.1) is 10.1 Å². The fourth-order valence-corrected chi connectivity index (χ4v) is 2.14. The molecule has 7 nitrogen and oxygen atoms in total. The van der Waals surface area contributed by atoms with Crippen LogP contribution in [0.5, 0.6) is 0 Å². The molecule has 20 heavy (non-hydrogen) atoms. The summed E-state index contributed by atoms with van der Waals surface area (Å²) >= 11 is 0. The smallest absolute Gasteiger partial charge is 0.334 e. The molecule has 2 heterocycles. The lowest BCUT2D eigenvalue weighted by Gasteiger charge is -2.12. The number of rotatable bonds is 6. The van der Waals surface area contributed by atoms with E-state index < -0.39 is 0 Å². The predicted molar refractivity (Wildman–Crippen MR) is 74.6 cm³/mol. The van der Waals surface area contributed by atoms with Gasteiger partial charge in [0.15, 0.2) is 0 Å². The van der Waals surface area contributed by atoms with Gasteiger partial charge < -0.3 is 9.73 Å². The normalized spacial score (nSPS) is 12.3. The van der Waals surface area contributed by atoms with E-state index >= 15 is 0 Å². The molecule has 0 bridgehead atoms. The van der Waals surface area contributed by atoms with Crippen LogP contribution < -0.4 is 5.32 Å². The van der Waals surface area contributed by atoms with Crippen molar-refractivity contribution in [3.8, 4) is 0 Å². The highest BCUT2D eigenvalue weighted by Gasteiger charge is 2.27. The van der Waals surface area contributed by atoms with Crippen molar-refractivity contribution in [3.63, 3.8) is 0 Å². The minimum atomic E-state index is -0.380. The second kappa shape index (κ2) is 5.77. The van der Waals surface area contributed by atoms with Crippen molar-refractivity contribution >= 4 is 11.5 Å². The number of nitrogens with one attached hydrogen (secondary N) is 1. The third-order valence-corrected chi connectivity index (χ3v) is 3.08. The molecule has 0 saturated carbocycles. The maximum Gasteiger partial charge on any atom is 0.334 e. The van der Waals surface area contributed by atoms with Crippen LogP contribution in [0.4, 0.5) is 11.5 Å². The van der Waals surface area contributed by atoms with Gasteiger partial charge in [-0.15, -0.1) is 0 Å². The highest BCUT2D eigenvalue weighted by atomic mass is 16.6. The second-order valence-electron chi connectivity index (χ2n) is 4.66. The molecule has 108 valence electrons. The van der Waals surface area contributed by atoms with Crippen molar-refractivity contribution < 1.29 is 9.34 Å². The second-order valence-corrected chi connectivity index (χ2v) is 4.66. The first-order valence-corrected chi connectivity index (χ1v) is 6.54. The van der Waals surface area contributed by atoms with E-state index in [1.165, 1.54) is 4.68 Å². The zero-order valence-corrected chi connectivity index (χ0v) is 11.8. The largest absolute Gasteiger partial charge is 0.467 e. The van der Waals surface area contributed by atoms with Crippen LogP contribution in [0.25, 0.3) is 0 Å². The summed E-state index contributed by atoms with van der Waals surface area (Å²) in [6.07, 6.45) is 2.97. The van der Waals surface area contributed by atoms with E-state index in [1.54, 1.807) is 19.4 Å². The SMILES string of the molecule is CCCc1nn(C)c(NC(C)c2ccco2)c1[N+](=O)[O-]. The summed E-state index contributed by atoms with van der Waals surface area (Å²) in [7, 11) is 1.70. The van der Waals surface area contributed by atoms with Crippen LogP contribution in [-0.2, 0) is 13.5 Å². The Kier molecular flexibility index (Phi) is 4.07. The lowest BCUT2D eigenvalue weighted by atomic mass is 10.2. The average Bonchev–Trinajstić information content (AvgIpc) is 2.99. The van der Waals surface area contributed by atoms with Gasteiger partial charge in [0.25, 0.3) is 0 Å². The summed E-state index contributed by atoms with van der Waals surface area (Å²) in [4.78, 5) is 10.9. The number of nitro groups is 1. The third-order valence-electron chi connectivity index (χ3n) is 3.08. The molecule has 2 aromatic rings. The molecule has 7 heteroatoms. The molecule has 1 N–H and O–H groups in total. The molecule has 1 atom stereocenters. The number of aryl methyl sites for hydroxylation is 2. The number of hydrogen-bond acceptors (Lipinski definition) is 5. The molecule has 0 spiro atoms. The molecule has 0 amide bonds. The van der Waals surface area contributed by atoms with Crippen molar-refractivity contribution in [1.82, 2.24) is 9.78 Å². The average molecular weight is 278 g/mol. The van der Waals surface area contributed by atoms with Crippen molar-refractivity contribution in [2.75, 3.05) is 5.32 Å². The van der Waals surface area contributed by atoms with Gasteiger partial charge >= 0.3 is 5.69 Å². The molecule has 0 aliphatic heterocycles. The predicted octanol–water partition coefficient (Wildman–Crippen LogP) is 3.05. The number of aromatic nitrogens is 2. The molecule has 0 radical (unpaired) electrons. The van der Waals surface area contributed by atoms with Gasteiger partial charge in [-0.1, -0.05) is 13.3 Å². The first-order chi connectivity index (χ1) is 9.54. The highest BCUT2D eigenvalue weighted by molar-refractivity contribution is 5.60. The molecule has 0 aliphatic rings. The number of furan rings is 1. The Hall–Kier alpha value is -2.31. The molecule has 0 aliphatic carbocycles. The van der Waals surface area contributed by atoms with Gasteiger partial charge in [0, 0.05) is 7.05 Å². The summed E-state index contributed by atoms with van der Waals surface area (Å²) in [5.41, 5.74) is 0.557. The summed E-state index contributed by atoms with van der Waals surface area (Å²) in [6, 6.07) is 3.44. The fourth-order valence-electron chi connectivity index (χ4n) is 2.14. The fraction of sp³-hybridized carbons (Fsp3) is 0.462. The van der Waals surface area contributed by atoms with Gasteiger partial charge in [-0.3, -0.25) is 10.1 Å². The molecular formula is C13H18N4O3. The van der Waals surface area contributed by atoms with E-state index in [2.05, 4.69) is 10.4 Å². The quantitative estimate of drug-likeness (QED) is 0.648. The molecule has 0 saturated heterocycles. The minimum Gasteiger partial charge on any atom is -0.467 e. The van der Waals surface area contributed by atoms with E-state index in [4.69, 9.17) is 4.42 Å². The van der Waals surface area contributed by atoms with E-state index in [1.807, 2.05) is 19.9 Å². The van der Waals surface area contributed by atoms with Crippen molar-refractivity contribution in [1.29, 1.82) is 0 Å². The summed E-state index contributed by atoms with van der Waals surface area (Å²) < 4.78 is 6.82. The van der Waals surface area contributed by atoms with Gasteiger partial charge in [-0.25, -0.2) is 4.68 Å². The third kappa shape index (κ3) is 2.66. The maximum absolute atomic E-state index is 11.3. The number of hydrogen-bond donors (Lipinski definition) is 1. The molecule has 2 aromatic heterocycles. The Labute approximate surface area is 116 Å². The Morgan fingerprint density at radius 3 is 2.90 bits per heavy atom. The Balaban J connectivity index is 2.33. The molecule has 0 aromatic carbocycles. The summed E-state index contributed by atoms with van der Waals surface area (Å²) in [5, 5.41) is 18.6. The van der Waals surface area contributed by atoms with Gasteiger partial charge in [0.2, 0.25) is 5.82 Å². The van der Waals surface area contributed by atoms with Crippen LogP contribution in [-0.4, -0.2) is 14.7 Å². The van der Waals surface area contributed by atoms with Crippen LogP contribution >= 0.6 is 0 Å². The highest BCUT2D eigenvalue weighted by Crippen LogP contribution is 2.31. The van der Waals surface area contributed by atoms with Crippen molar-refractivity contribution in [3.05, 3.63) is 40.0 Å². The van der Waals surface area contributed by atoms with Crippen molar-refractivity contribution in [2.24, 2.45) is 7.05 Å². The lowest BCUT2D eigenvalue weighted by Crippen LogP contribution is -2.10. The zero-order valence-electron chi connectivity index (χ0n) is 11.8. The van der Waals surface area contributed by atoms with Crippen LogP contribution in [0.1, 0.15) is 37.8 Å². The zero-order chi connectivity index (χ0) is 14.7. The Morgan fingerprint density at radius 1 is 1.60 bits per heavy atom. The summed E-state index contributed by atoms with van der Waals surface area (Å²) in [5.74, 6) is 1.12. The first kappa shape index (κ1) is 14.1.